The second-order valence-corrected chi connectivity index (χ2v) is 5.67. The minimum atomic E-state index is -0.711. The van der Waals surface area contributed by atoms with E-state index in [1.807, 2.05) is 0 Å². The number of carbonyl (C=O) groups is 2. The molecule has 0 spiro atoms. The monoisotopic (exact) mass is 359 g/mol. The van der Waals surface area contributed by atoms with Crippen LogP contribution in [0.15, 0.2) is 40.1 Å². The summed E-state index contributed by atoms with van der Waals surface area (Å²) in [6.07, 6.45) is 4.15. The summed E-state index contributed by atoms with van der Waals surface area (Å²) in [6.45, 7) is -0.496. The minimum Gasteiger partial charge on any atom is -0.467 e. The molecule has 3 heterocycles. The van der Waals surface area contributed by atoms with Crippen LogP contribution < -0.4 is 5.56 Å². The van der Waals surface area contributed by atoms with E-state index in [1.54, 1.807) is 26.2 Å². The van der Waals surface area contributed by atoms with E-state index in [1.165, 1.54) is 28.4 Å². The lowest BCUT2D eigenvalue weighted by Crippen LogP contribution is -2.32. The van der Waals surface area contributed by atoms with Crippen molar-refractivity contribution in [2.45, 2.75) is 13.1 Å². The molecule has 0 bridgehead atoms. The summed E-state index contributed by atoms with van der Waals surface area (Å²) in [5, 5.41) is 4.26. The highest BCUT2D eigenvalue weighted by Gasteiger charge is 2.15. The molecule has 0 aliphatic rings. The van der Waals surface area contributed by atoms with Gasteiger partial charge in [0.15, 0.2) is 12.3 Å². The third-order valence-electron chi connectivity index (χ3n) is 3.77. The quantitative estimate of drug-likeness (QED) is 0.566. The Bertz CT molecular complexity index is 988. The first-order chi connectivity index (χ1) is 12.5. The molecule has 3 aromatic rings. The largest absolute Gasteiger partial charge is 0.467 e. The molecule has 0 N–H and O–H groups in total. The summed E-state index contributed by atoms with van der Waals surface area (Å²) >= 11 is 0. The number of ether oxygens (including phenoxy) is 1. The number of hydrogen-bond acceptors (Lipinski definition) is 7. The first-order valence-electron chi connectivity index (χ1n) is 7.75. The van der Waals surface area contributed by atoms with Gasteiger partial charge in [0.25, 0.3) is 11.5 Å². The summed E-state index contributed by atoms with van der Waals surface area (Å²) in [5.74, 6) is -0.477. The van der Waals surface area contributed by atoms with Crippen molar-refractivity contribution < 1.29 is 18.7 Å². The highest BCUT2D eigenvalue weighted by molar-refractivity contribution is 5.80. The molecule has 0 aliphatic heterocycles. The molecular weight excluding hydrogens is 342 g/mol. The number of likely N-dealkylation sites (N-methyl/N-ethyl adjacent to an activating group) is 1. The third kappa shape index (κ3) is 3.63. The van der Waals surface area contributed by atoms with Crippen LogP contribution in [0.5, 0.6) is 0 Å². The smallest absolute Gasteiger partial charge is 0.326 e. The molecule has 0 fully saturated rings. The number of esters is 1. The molecule has 0 saturated heterocycles. The van der Waals surface area contributed by atoms with Crippen LogP contribution >= 0.6 is 0 Å². The zero-order valence-corrected chi connectivity index (χ0v) is 14.3. The molecule has 0 saturated carbocycles. The van der Waals surface area contributed by atoms with Crippen molar-refractivity contribution in [3.63, 3.8) is 0 Å². The average molecular weight is 359 g/mol. The molecule has 26 heavy (non-hydrogen) atoms. The molecule has 136 valence electrons. The minimum absolute atomic E-state index is 0.268. The van der Waals surface area contributed by atoms with Crippen LogP contribution in [-0.2, 0) is 34.5 Å². The number of amides is 1. The van der Waals surface area contributed by atoms with E-state index in [2.05, 4.69) is 10.1 Å². The zero-order chi connectivity index (χ0) is 18.7. The summed E-state index contributed by atoms with van der Waals surface area (Å²) in [6, 6.07) is 3.46. The van der Waals surface area contributed by atoms with Crippen LogP contribution in [0.25, 0.3) is 11.0 Å². The Hall–Kier alpha value is -3.43. The lowest BCUT2D eigenvalue weighted by molar-refractivity contribution is -0.152. The summed E-state index contributed by atoms with van der Waals surface area (Å²) in [7, 11) is 3.24. The number of rotatable bonds is 6. The summed E-state index contributed by atoms with van der Waals surface area (Å²) in [4.78, 5) is 41.7. The second-order valence-electron chi connectivity index (χ2n) is 5.67. The molecule has 0 unspecified atom stereocenters. The van der Waals surface area contributed by atoms with Crippen LogP contribution in [0.4, 0.5) is 0 Å². The predicted molar refractivity (Wildman–Crippen MR) is 88.9 cm³/mol. The van der Waals surface area contributed by atoms with Crippen LogP contribution in [0.2, 0.25) is 0 Å². The first-order valence-corrected chi connectivity index (χ1v) is 7.75. The van der Waals surface area contributed by atoms with E-state index >= 15 is 0 Å². The van der Waals surface area contributed by atoms with E-state index in [9.17, 15) is 14.4 Å². The topological polar surface area (TPSA) is 112 Å². The van der Waals surface area contributed by atoms with E-state index in [0.29, 0.717) is 16.8 Å². The van der Waals surface area contributed by atoms with Crippen LogP contribution in [0.1, 0.15) is 5.76 Å². The summed E-state index contributed by atoms with van der Waals surface area (Å²) < 4.78 is 12.7. The fourth-order valence-corrected chi connectivity index (χ4v) is 2.34. The molecule has 10 heteroatoms. The van der Waals surface area contributed by atoms with Gasteiger partial charge in [-0.05, 0) is 12.1 Å². The van der Waals surface area contributed by atoms with Crippen molar-refractivity contribution in [2.24, 2.45) is 7.05 Å². The lowest BCUT2D eigenvalue weighted by atomic mass is 10.4. The van der Waals surface area contributed by atoms with Gasteiger partial charge in [-0.25, -0.2) is 4.98 Å². The first kappa shape index (κ1) is 17.4. The number of furan rings is 1. The van der Waals surface area contributed by atoms with Crippen molar-refractivity contribution in [1.82, 2.24) is 24.2 Å². The maximum atomic E-state index is 12.3. The van der Waals surface area contributed by atoms with Gasteiger partial charge in [-0.3, -0.25) is 23.6 Å². The van der Waals surface area contributed by atoms with Gasteiger partial charge in [-0.15, -0.1) is 0 Å². The normalized spacial score (nSPS) is 10.8. The van der Waals surface area contributed by atoms with Crippen molar-refractivity contribution in [1.29, 1.82) is 0 Å². The number of hydrogen-bond donors (Lipinski definition) is 0. The van der Waals surface area contributed by atoms with E-state index in [0.717, 1.165) is 4.57 Å². The standard InChI is InChI=1S/C16H17N5O5/c1-19(7-11-4-3-5-25-11)13(22)9-26-14(23)8-21-10-17-15-12(16(21)24)6-18-20(15)2/h3-6,10H,7-9H2,1-2H3. The third-order valence-corrected chi connectivity index (χ3v) is 3.77. The Morgan fingerprint density at radius 2 is 2.19 bits per heavy atom. The lowest BCUT2D eigenvalue weighted by Gasteiger charge is -2.15. The Kier molecular flexibility index (Phi) is 4.83. The van der Waals surface area contributed by atoms with Crippen LogP contribution in [0, 0.1) is 0 Å². The Balaban J connectivity index is 1.56. The van der Waals surface area contributed by atoms with Crippen LogP contribution in [-0.4, -0.2) is 49.8 Å². The molecule has 10 nitrogen and oxygen atoms in total. The zero-order valence-electron chi connectivity index (χ0n) is 14.3. The predicted octanol–water partition coefficient (Wildman–Crippen LogP) is -0.0752. The molecule has 0 aliphatic carbocycles. The number of carbonyl (C=O) groups excluding carboxylic acids is 2. The maximum absolute atomic E-state index is 12.3. The number of fused-ring (bicyclic) bond motifs is 1. The van der Waals surface area contributed by atoms with Gasteiger partial charge in [0.2, 0.25) is 0 Å². The van der Waals surface area contributed by atoms with Gasteiger partial charge in [0.1, 0.15) is 24.0 Å². The van der Waals surface area contributed by atoms with Gasteiger partial charge < -0.3 is 14.1 Å². The van der Waals surface area contributed by atoms with E-state index < -0.39 is 18.1 Å². The Morgan fingerprint density at radius 1 is 1.38 bits per heavy atom. The van der Waals surface area contributed by atoms with Gasteiger partial charge in [0.05, 0.1) is 19.0 Å². The van der Waals surface area contributed by atoms with Crippen molar-refractivity contribution >= 4 is 22.9 Å². The number of nitrogens with zero attached hydrogens (tertiary/aromatic N) is 5. The second kappa shape index (κ2) is 7.21. The average Bonchev–Trinajstić information content (AvgIpc) is 3.25. The molecule has 3 rings (SSSR count). The fourth-order valence-electron chi connectivity index (χ4n) is 2.34. The van der Waals surface area contributed by atoms with Gasteiger partial charge in [0, 0.05) is 14.1 Å². The van der Waals surface area contributed by atoms with Crippen molar-refractivity contribution in [3.05, 3.63) is 47.0 Å². The number of aryl methyl sites for hydroxylation is 1. The van der Waals surface area contributed by atoms with E-state index in [4.69, 9.17) is 9.15 Å². The van der Waals surface area contributed by atoms with Gasteiger partial charge in [-0.2, -0.15) is 5.10 Å². The van der Waals surface area contributed by atoms with Crippen molar-refractivity contribution in [3.8, 4) is 0 Å². The molecular formula is C16H17N5O5. The molecule has 0 radical (unpaired) electrons. The Labute approximate surface area is 147 Å². The Morgan fingerprint density at radius 3 is 2.92 bits per heavy atom. The maximum Gasteiger partial charge on any atom is 0.326 e. The fraction of sp³-hybridized carbons (Fsp3) is 0.312. The molecule has 3 aromatic heterocycles. The highest BCUT2D eigenvalue weighted by atomic mass is 16.5. The molecule has 1 amide bonds. The SMILES string of the molecule is CN(Cc1ccco1)C(=O)COC(=O)Cn1cnc2c(cnn2C)c1=O. The highest BCUT2D eigenvalue weighted by Crippen LogP contribution is 2.05. The van der Waals surface area contributed by atoms with Gasteiger partial charge >= 0.3 is 5.97 Å². The van der Waals surface area contributed by atoms with E-state index in [-0.39, 0.29) is 19.0 Å². The van der Waals surface area contributed by atoms with Crippen molar-refractivity contribution in [2.75, 3.05) is 13.7 Å². The van der Waals surface area contributed by atoms with Crippen LogP contribution in [0.3, 0.4) is 0 Å². The number of aromatic nitrogens is 4. The molecule has 0 aromatic carbocycles. The summed E-state index contributed by atoms with van der Waals surface area (Å²) in [5.41, 5.74) is 0.0238. The van der Waals surface area contributed by atoms with Gasteiger partial charge in [-0.1, -0.05) is 0 Å². The molecule has 0 atom stereocenters.